The summed E-state index contributed by atoms with van der Waals surface area (Å²) >= 11 is 0. The minimum atomic E-state index is -3.67. The van der Waals surface area contributed by atoms with Gasteiger partial charge in [-0.05, 0) is 24.5 Å². The second-order valence-electron chi connectivity index (χ2n) is 7.00. The zero-order valence-electron chi connectivity index (χ0n) is 15.0. The number of hydrogen-bond donors (Lipinski definition) is 1. The van der Waals surface area contributed by atoms with Crippen LogP contribution >= 0.6 is 0 Å². The summed E-state index contributed by atoms with van der Waals surface area (Å²) in [6, 6.07) is 3.31. The number of halogens is 2. The Bertz CT molecular complexity index is 1090. The zero-order chi connectivity index (χ0) is 20.9. The van der Waals surface area contributed by atoms with Crippen LogP contribution in [0.3, 0.4) is 0 Å². The highest BCUT2D eigenvalue weighted by Gasteiger charge is 2.44. The molecule has 1 N–H and O–H groups in total. The Kier molecular flexibility index (Phi) is 4.64. The van der Waals surface area contributed by atoms with Gasteiger partial charge in [-0.1, -0.05) is 6.07 Å². The summed E-state index contributed by atoms with van der Waals surface area (Å²) in [4.78, 5) is 23.0. The summed E-state index contributed by atoms with van der Waals surface area (Å²) in [6.07, 6.45) is 1.67. The lowest BCUT2D eigenvalue weighted by atomic mass is 9.79. The maximum Gasteiger partial charge on any atom is 0.387 e. The van der Waals surface area contributed by atoms with E-state index in [0.29, 0.717) is 24.2 Å². The van der Waals surface area contributed by atoms with Crippen LogP contribution in [0.1, 0.15) is 37.2 Å². The van der Waals surface area contributed by atoms with Crippen molar-refractivity contribution in [3.63, 3.8) is 0 Å². The summed E-state index contributed by atoms with van der Waals surface area (Å²) in [5, 5.41) is 14.2. The van der Waals surface area contributed by atoms with Gasteiger partial charge in [0.2, 0.25) is 5.75 Å². The number of rotatable bonds is 4. The first kappa shape index (κ1) is 19.5. The molecule has 2 aliphatic heterocycles. The lowest BCUT2D eigenvalue weighted by Gasteiger charge is -2.33. The van der Waals surface area contributed by atoms with Crippen LogP contribution in [-0.4, -0.2) is 31.5 Å². The quantitative estimate of drug-likeness (QED) is 0.581. The lowest BCUT2D eigenvalue weighted by Crippen LogP contribution is -2.32. The van der Waals surface area contributed by atoms with Gasteiger partial charge >= 0.3 is 12.3 Å². The van der Waals surface area contributed by atoms with Gasteiger partial charge in [-0.25, -0.2) is 8.42 Å². The zero-order valence-corrected chi connectivity index (χ0v) is 15.8. The number of carbonyl (C=O) groups excluding carboxylic acids is 1. The van der Waals surface area contributed by atoms with Crippen molar-refractivity contribution in [3.8, 4) is 5.75 Å². The average Bonchev–Trinajstić information content (AvgIpc) is 2.94. The number of dihydropyridines is 1. The van der Waals surface area contributed by atoms with Crippen molar-refractivity contribution in [1.82, 2.24) is 5.32 Å². The van der Waals surface area contributed by atoms with E-state index in [4.69, 9.17) is 0 Å². The van der Waals surface area contributed by atoms with Crippen molar-refractivity contribution in [2.45, 2.75) is 38.2 Å². The summed E-state index contributed by atoms with van der Waals surface area (Å²) < 4.78 is 55.3. The van der Waals surface area contributed by atoms with E-state index in [2.05, 4.69) is 10.1 Å². The number of hydrogen-bond acceptors (Lipinski definition) is 7. The highest BCUT2D eigenvalue weighted by atomic mass is 32.2. The van der Waals surface area contributed by atoms with Crippen LogP contribution in [-0.2, 0) is 14.6 Å². The molecule has 8 nitrogen and oxygen atoms in total. The molecule has 0 spiro atoms. The largest absolute Gasteiger partial charge is 0.427 e. The molecule has 0 fully saturated rings. The van der Waals surface area contributed by atoms with Gasteiger partial charge < -0.3 is 10.1 Å². The van der Waals surface area contributed by atoms with Crippen LogP contribution in [0.4, 0.5) is 14.5 Å². The molecule has 29 heavy (non-hydrogen) atoms. The monoisotopic (exact) mass is 426 g/mol. The normalized spacial score (nSPS) is 23.0. The van der Waals surface area contributed by atoms with E-state index in [1.54, 1.807) is 0 Å². The van der Waals surface area contributed by atoms with Gasteiger partial charge in [-0.15, -0.1) is 0 Å². The first-order valence-electron chi connectivity index (χ1n) is 8.91. The first-order chi connectivity index (χ1) is 13.7. The van der Waals surface area contributed by atoms with Gasteiger partial charge in [0.15, 0.2) is 15.6 Å². The molecule has 1 aliphatic carbocycles. The molecule has 1 aromatic carbocycles. The summed E-state index contributed by atoms with van der Waals surface area (Å²) in [6.45, 7) is -3.30. The minimum Gasteiger partial charge on any atom is -0.427 e. The van der Waals surface area contributed by atoms with E-state index in [1.807, 2.05) is 0 Å². The van der Waals surface area contributed by atoms with Crippen LogP contribution in [0, 0.1) is 10.1 Å². The predicted molar refractivity (Wildman–Crippen MR) is 96.9 cm³/mol. The number of carbonyl (C=O) groups is 1. The fourth-order valence-corrected chi connectivity index (χ4v) is 5.98. The number of nitrogens with zero attached hydrogens (tertiary/aromatic N) is 1. The third-order valence-corrected chi connectivity index (χ3v) is 7.19. The molecule has 0 radical (unpaired) electrons. The van der Waals surface area contributed by atoms with Crippen molar-refractivity contribution in [2.75, 3.05) is 5.75 Å². The number of ether oxygens (including phenoxy) is 1. The Morgan fingerprint density at radius 3 is 2.66 bits per heavy atom. The van der Waals surface area contributed by atoms with E-state index in [0.717, 1.165) is 12.1 Å². The lowest BCUT2D eigenvalue weighted by molar-refractivity contribution is -0.386. The Morgan fingerprint density at radius 2 is 1.97 bits per heavy atom. The molecule has 0 amide bonds. The first-order valence-corrected chi connectivity index (χ1v) is 10.6. The van der Waals surface area contributed by atoms with Crippen molar-refractivity contribution in [1.29, 1.82) is 0 Å². The Hall–Kier alpha value is -2.82. The molecule has 0 saturated carbocycles. The number of nitro benzene ring substituents is 1. The second kappa shape index (κ2) is 6.90. The Balaban J connectivity index is 1.92. The average molecular weight is 426 g/mol. The number of sulfone groups is 1. The molecule has 0 aromatic heterocycles. The van der Waals surface area contributed by atoms with E-state index in [1.165, 1.54) is 6.07 Å². The van der Waals surface area contributed by atoms with E-state index in [-0.39, 0.29) is 40.4 Å². The van der Waals surface area contributed by atoms with Crippen LogP contribution in [0.25, 0.3) is 0 Å². The molecule has 1 atom stereocenters. The highest BCUT2D eigenvalue weighted by Crippen LogP contribution is 2.48. The molecule has 0 saturated heterocycles. The number of benzene rings is 1. The molecule has 154 valence electrons. The maximum absolute atomic E-state index is 12.8. The maximum atomic E-state index is 12.8. The van der Waals surface area contributed by atoms with E-state index in [9.17, 15) is 32.1 Å². The molecule has 1 unspecified atom stereocenters. The van der Waals surface area contributed by atoms with Crippen molar-refractivity contribution in [3.05, 3.63) is 55.7 Å². The fourth-order valence-electron chi connectivity index (χ4n) is 4.15. The highest BCUT2D eigenvalue weighted by molar-refractivity contribution is 7.95. The van der Waals surface area contributed by atoms with Crippen LogP contribution in [0.5, 0.6) is 5.75 Å². The standard InChI is InChI=1S/C18H16F2N2O6S/c19-18(20)28-14-8-9(4-5-12(14)22(24)25)15-16-10(2-1-3-13(16)23)21-11-6-7-29(26,27)17(11)15/h4-5,8,15,18,21H,1-3,6-7H2. The van der Waals surface area contributed by atoms with Gasteiger partial charge in [0.05, 0.1) is 21.5 Å². The van der Waals surface area contributed by atoms with Crippen LogP contribution in [0.2, 0.25) is 0 Å². The molecule has 1 aromatic rings. The van der Waals surface area contributed by atoms with Crippen molar-refractivity contribution < 1.29 is 31.7 Å². The Morgan fingerprint density at radius 1 is 1.21 bits per heavy atom. The third-order valence-electron chi connectivity index (χ3n) is 5.29. The number of alkyl halides is 2. The molecular weight excluding hydrogens is 410 g/mol. The topological polar surface area (TPSA) is 116 Å². The summed E-state index contributed by atoms with van der Waals surface area (Å²) in [5.41, 5.74) is 0.899. The van der Waals surface area contributed by atoms with Gasteiger partial charge in [-0.3, -0.25) is 14.9 Å². The molecule has 11 heteroatoms. The number of allylic oxidation sites excluding steroid dienone is 4. The SMILES string of the molecule is O=C1CCCC2=C1C(c1ccc([N+](=O)[O-])c(OC(F)F)c1)C1=C(CCS1(=O)=O)N2. The van der Waals surface area contributed by atoms with E-state index >= 15 is 0 Å². The Labute approximate surface area is 164 Å². The summed E-state index contributed by atoms with van der Waals surface area (Å²) in [5.74, 6) is -2.03. The predicted octanol–water partition coefficient (Wildman–Crippen LogP) is 2.92. The van der Waals surface area contributed by atoms with Gasteiger partial charge in [-0.2, -0.15) is 8.78 Å². The second-order valence-corrected chi connectivity index (χ2v) is 9.08. The smallest absolute Gasteiger partial charge is 0.387 e. The summed E-state index contributed by atoms with van der Waals surface area (Å²) in [7, 11) is -3.67. The number of nitrogens with one attached hydrogen (secondary N) is 1. The minimum absolute atomic E-state index is 0.0309. The number of nitro groups is 1. The third kappa shape index (κ3) is 3.28. The molecular formula is C18H16F2N2O6S. The molecule has 0 bridgehead atoms. The number of ketones is 1. The van der Waals surface area contributed by atoms with Gasteiger partial charge in [0.25, 0.3) is 0 Å². The van der Waals surface area contributed by atoms with Gasteiger partial charge in [0, 0.05) is 35.9 Å². The van der Waals surface area contributed by atoms with Crippen LogP contribution in [0.15, 0.2) is 40.1 Å². The van der Waals surface area contributed by atoms with E-state index < -0.39 is 38.7 Å². The van der Waals surface area contributed by atoms with Crippen molar-refractivity contribution >= 4 is 21.3 Å². The number of Topliss-reactive ketones (excluding diaryl/α,β-unsaturated/α-hetero) is 1. The molecule has 2 heterocycles. The van der Waals surface area contributed by atoms with Crippen molar-refractivity contribution in [2.24, 2.45) is 0 Å². The fraction of sp³-hybridized carbons (Fsp3) is 0.389. The van der Waals surface area contributed by atoms with Gasteiger partial charge in [0.1, 0.15) is 0 Å². The molecule has 3 aliphatic rings. The van der Waals surface area contributed by atoms with Crippen LogP contribution < -0.4 is 10.1 Å². The molecule has 4 rings (SSSR count).